The van der Waals surface area contributed by atoms with Crippen LogP contribution in [-0.4, -0.2) is 4.98 Å². The van der Waals surface area contributed by atoms with Gasteiger partial charge in [-0.05, 0) is 30.7 Å². The smallest absolute Gasteiger partial charge is 0.127 e. The van der Waals surface area contributed by atoms with Crippen molar-refractivity contribution in [1.29, 1.82) is 0 Å². The molecule has 0 amide bonds. The fourth-order valence-electron chi connectivity index (χ4n) is 1.96. The molecule has 0 unspecified atom stereocenters. The molecule has 2 heteroatoms. The molecule has 0 radical (unpaired) electrons. The number of rotatable bonds is 4. The van der Waals surface area contributed by atoms with Crippen LogP contribution in [0.1, 0.15) is 38.2 Å². The molecule has 1 atom stereocenters. The Labute approximate surface area is 97.6 Å². The number of pyridine rings is 1. The van der Waals surface area contributed by atoms with Gasteiger partial charge in [0.1, 0.15) is 5.82 Å². The van der Waals surface area contributed by atoms with Gasteiger partial charge in [-0.3, -0.25) is 0 Å². The fraction of sp³-hybridized carbons (Fsp3) is 0.500. The summed E-state index contributed by atoms with van der Waals surface area (Å²) >= 11 is 0. The summed E-state index contributed by atoms with van der Waals surface area (Å²) in [6.45, 7) is 4.46. The van der Waals surface area contributed by atoms with Gasteiger partial charge < -0.3 is 5.73 Å². The SMILES string of the molecule is CC(C)[C@H](/C=C/C1CC1)c1cccnc1N. The summed E-state index contributed by atoms with van der Waals surface area (Å²) in [5.74, 6) is 2.44. The molecule has 1 aliphatic carbocycles. The van der Waals surface area contributed by atoms with E-state index < -0.39 is 0 Å². The number of allylic oxidation sites excluding steroid dienone is 2. The predicted molar refractivity (Wildman–Crippen MR) is 68.1 cm³/mol. The van der Waals surface area contributed by atoms with Gasteiger partial charge in [-0.25, -0.2) is 4.98 Å². The summed E-state index contributed by atoms with van der Waals surface area (Å²) in [6, 6.07) is 4.05. The molecule has 86 valence electrons. The maximum absolute atomic E-state index is 5.94. The predicted octanol–water partition coefficient (Wildman–Crippen LogP) is 3.37. The Morgan fingerprint density at radius 3 is 2.75 bits per heavy atom. The monoisotopic (exact) mass is 216 g/mol. The maximum atomic E-state index is 5.94. The summed E-state index contributed by atoms with van der Waals surface area (Å²) < 4.78 is 0. The highest BCUT2D eigenvalue weighted by Crippen LogP contribution is 2.34. The van der Waals surface area contributed by atoms with Crippen molar-refractivity contribution in [2.75, 3.05) is 5.73 Å². The lowest BCUT2D eigenvalue weighted by atomic mass is 9.88. The summed E-state index contributed by atoms with van der Waals surface area (Å²) in [5.41, 5.74) is 7.10. The number of aromatic nitrogens is 1. The first kappa shape index (κ1) is 11.2. The van der Waals surface area contributed by atoms with E-state index in [-0.39, 0.29) is 0 Å². The van der Waals surface area contributed by atoms with Crippen LogP contribution in [0.5, 0.6) is 0 Å². The van der Waals surface area contributed by atoms with Gasteiger partial charge in [-0.1, -0.05) is 32.1 Å². The molecule has 0 saturated heterocycles. The van der Waals surface area contributed by atoms with Crippen molar-refractivity contribution in [3.05, 3.63) is 36.0 Å². The van der Waals surface area contributed by atoms with Crippen LogP contribution in [0.2, 0.25) is 0 Å². The topological polar surface area (TPSA) is 38.9 Å². The average molecular weight is 216 g/mol. The molecule has 2 nitrogen and oxygen atoms in total. The molecule has 1 fully saturated rings. The van der Waals surface area contributed by atoms with Crippen LogP contribution in [0, 0.1) is 11.8 Å². The molecular formula is C14H20N2. The Bertz CT molecular complexity index is 378. The third-order valence-electron chi connectivity index (χ3n) is 3.16. The van der Waals surface area contributed by atoms with Crippen LogP contribution in [0.15, 0.2) is 30.5 Å². The van der Waals surface area contributed by atoms with Gasteiger partial charge >= 0.3 is 0 Å². The Morgan fingerprint density at radius 1 is 1.44 bits per heavy atom. The zero-order chi connectivity index (χ0) is 11.5. The van der Waals surface area contributed by atoms with E-state index in [1.165, 1.54) is 12.8 Å². The molecule has 0 spiro atoms. The van der Waals surface area contributed by atoms with E-state index in [1.54, 1.807) is 6.20 Å². The van der Waals surface area contributed by atoms with E-state index in [9.17, 15) is 0 Å². The number of anilines is 1. The third kappa shape index (κ3) is 2.63. The zero-order valence-electron chi connectivity index (χ0n) is 10.1. The molecule has 16 heavy (non-hydrogen) atoms. The van der Waals surface area contributed by atoms with Crippen LogP contribution in [0.25, 0.3) is 0 Å². The van der Waals surface area contributed by atoms with Crippen molar-refractivity contribution >= 4 is 5.82 Å². The van der Waals surface area contributed by atoms with Gasteiger partial charge in [0.05, 0.1) is 0 Å². The normalized spacial score (nSPS) is 18.2. The van der Waals surface area contributed by atoms with Crippen molar-refractivity contribution in [2.24, 2.45) is 11.8 Å². The minimum atomic E-state index is 0.397. The number of nitrogen functional groups attached to an aromatic ring is 1. The summed E-state index contributed by atoms with van der Waals surface area (Å²) in [6.07, 6.45) is 9.11. The fourth-order valence-corrected chi connectivity index (χ4v) is 1.96. The Morgan fingerprint density at radius 2 is 2.19 bits per heavy atom. The average Bonchev–Trinajstić information content (AvgIpc) is 3.04. The van der Waals surface area contributed by atoms with Crippen molar-refractivity contribution in [3.63, 3.8) is 0 Å². The lowest BCUT2D eigenvalue weighted by molar-refractivity contribution is 0.576. The van der Waals surface area contributed by atoms with Crippen LogP contribution in [0.3, 0.4) is 0 Å². The molecule has 2 N–H and O–H groups in total. The van der Waals surface area contributed by atoms with Gasteiger partial charge in [0.15, 0.2) is 0 Å². The maximum Gasteiger partial charge on any atom is 0.127 e. The lowest BCUT2D eigenvalue weighted by Crippen LogP contribution is -2.08. The van der Waals surface area contributed by atoms with E-state index in [1.807, 2.05) is 6.07 Å². The van der Waals surface area contributed by atoms with Crippen LogP contribution in [-0.2, 0) is 0 Å². The highest BCUT2D eigenvalue weighted by atomic mass is 14.8. The lowest BCUT2D eigenvalue weighted by Gasteiger charge is -2.18. The largest absolute Gasteiger partial charge is 0.383 e. The highest BCUT2D eigenvalue weighted by Gasteiger charge is 2.20. The molecule has 0 bridgehead atoms. The van der Waals surface area contributed by atoms with Gasteiger partial charge in [-0.2, -0.15) is 0 Å². The third-order valence-corrected chi connectivity index (χ3v) is 3.16. The van der Waals surface area contributed by atoms with E-state index in [0.717, 1.165) is 11.5 Å². The van der Waals surface area contributed by atoms with Crippen molar-refractivity contribution < 1.29 is 0 Å². The van der Waals surface area contributed by atoms with E-state index in [0.29, 0.717) is 17.7 Å². The van der Waals surface area contributed by atoms with Gasteiger partial charge in [-0.15, -0.1) is 0 Å². The quantitative estimate of drug-likeness (QED) is 0.784. The zero-order valence-corrected chi connectivity index (χ0v) is 10.1. The second-order valence-corrected chi connectivity index (χ2v) is 4.97. The van der Waals surface area contributed by atoms with Crippen molar-refractivity contribution in [1.82, 2.24) is 4.98 Å². The van der Waals surface area contributed by atoms with E-state index in [4.69, 9.17) is 5.73 Å². The van der Waals surface area contributed by atoms with Crippen LogP contribution in [0.4, 0.5) is 5.82 Å². The number of nitrogens with zero attached hydrogens (tertiary/aromatic N) is 1. The first-order valence-electron chi connectivity index (χ1n) is 6.07. The highest BCUT2D eigenvalue weighted by molar-refractivity contribution is 5.43. The van der Waals surface area contributed by atoms with Gasteiger partial charge in [0, 0.05) is 17.7 Å². The minimum Gasteiger partial charge on any atom is -0.383 e. The molecule has 1 aromatic rings. The first-order chi connectivity index (χ1) is 7.68. The Balaban J connectivity index is 2.21. The van der Waals surface area contributed by atoms with E-state index in [2.05, 4.69) is 37.0 Å². The van der Waals surface area contributed by atoms with Crippen molar-refractivity contribution in [3.8, 4) is 0 Å². The first-order valence-corrected chi connectivity index (χ1v) is 6.07. The summed E-state index contributed by atoms with van der Waals surface area (Å²) in [5, 5.41) is 0. The van der Waals surface area contributed by atoms with Crippen molar-refractivity contribution in [2.45, 2.75) is 32.6 Å². The molecule has 1 aromatic heterocycles. The Hall–Kier alpha value is -1.31. The second kappa shape index (κ2) is 4.69. The Kier molecular flexibility index (Phi) is 3.28. The molecule has 1 saturated carbocycles. The van der Waals surface area contributed by atoms with Gasteiger partial charge in [0.2, 0.25) is 0 Å². The molecule has 0 aliphatic heterocycles. The summed E-state index contributed by atoms with van der Waals surface area (Å²) in [4.78, 5) is 4.17. The van der Waals surface area contributed by atoms with Crippen LogP contribution < -0.4 is 5.73 Å². The number of hydrogen-bond donors (Lipinski definition) is 1. The number of nitrogens with two attached hydrogens (primary N) is 1. The molecule has 2 rings (SSSR count). The standard InChI is InChI=1S/C14H20N2/c1-10(2)12(8-7-11-5-6-11)13-4-3-9-16-14(13)15/h3-4,7-12H,5-6H2,1-2H3,(H2,15,16)/b8-7+/t12-/m0/s1. The second-order valence-electron chi connectivity index (χ2n) is 4.97. The van der Waals surface area contributed by atoms with Crippen LogP contribution >= 0.6 is 0 Å². The molecule has 0 aromatic carbocycles. The molecule has 1 heterocycles. The summed E-state index contributed by atoms with van der Waals surface area (Å²) in [7, 11) is 0. The minimum absolute atomic E-state index is 0.397. The van der Waals surface area contributed by atoms with E-state index >= 15 is 0 Å². The number of hydrogen-bond acceptors (Lipinski definition) is 2. The molecule has 1 aliphatic rings. The van der Waals surface area contributed by atoms with Gasteiger partial charge in [0.25, 0.3) is 0 Å². The molecular weight excluding hydrogens is 196 g/mol.